The zero-order chi connectivity index (χ0) is 14.8. The second kappa shape index (κ2) is 6.13. The number of likely N-dealkylation sites (tertiary alicyclic amines) is 1. The van der Waals surface area contributed by atoms with Gasteiger partial charge in [-0.2, -0.15) is 0 Å². The average molecular weight is 392 g/mol. The highest BCUT2D eigenvalue weighted by Gasteiger charge is 2.30. The van der Waals surface area contributed by atoms with Gasteiger partial charge in [-0.1, -0.05) is 12.1 Å². The third-order valence-corrected chi connectivity index (χ3v) is 4.70. The first kappa shape index (κ1) is 14.5. The highest BCUT2D eigenvalue weighted by molar-refractivity contribution is 14.1. The van der Waals surface area contributed by atoms with Crippen molar-refractivity contribution in [3.05, 3.63) is 63.0 Å². The Morgan fingerprint density at radius 3 is 3.00 bits per heavy atom. The Labute approximate surface area is 138 Å². The molecule has 4 heteroatoms. The molecule has 1 aliphatic heterocycles. The SMILES string of the molecule is Cc1cnccc1CN1C[C@H](c2cccc(I)c2)CC1=O. The minimum atomic E-state index is 0.245. The second-order valence-electron chi connectivity index (χ2n) is 5.53. The molecule has 108 valence electrons. The third-order valence-electron chi connectivity index (χ3n) is 4.03. The van der Waals surface area contributed by atoms with Crippen molar-refractivity contribution in [2.75, 3.05) is 6.54 Å². The fourth-order valence-corrected chi connectivity index (χ4v) is 3.36. The van der Waals surface area contributed by atoms with Crippen molar-refractivity contribution in [1.29, 1.82) is 0 Å². The maximum Gasteiger partial charge on any atom is 0.223 e. The average Bonchev–Trinajstić information content (AvgIpc) is 2.83. The Kier molecular flexibility index (Phi) is 4.24. The summed E-state index contributed by atoms with van der Waals surface area (Å²) in [6.07, 6.45) is 4.26. The van der Waals surface area contributed by atoms with Crippen LogP contribution in [0.2, 0.25) is 0 Å². The molecule has 1 aromatic carbocycles. The molecular formula is C17H17IN2O. The minimum Gasteiger partial charge on any atom is -0.338 e. The number of carbonyl (C=O) groups is 1. The lowest BCUT2D eigenvalue weighted by molar-refractivity contribution is -0.128. The van der Waals surface area contributed by atoms with E-state index < -0.39 is 0 Å². The monoisotopic (exact) mass is 392 g/mol. The number of rotatable bonds is 3. The molecule has 3 nitrogen and oxygen atoms in total. The van der Waals surface area contributed by atoms with Crippen LogP contribution >= 0.6 is 22.6 Å². The lowest BCUT2D eigenvalue weighted by Gasteiger charge is -2.18. The number of pyridine rings is 1. The molecule has 3 rings (SSSR count). The first-order valence-corrected chi connectivity index (χ1v) is 8.14. The molecule has 0 N–H and O–H groups in total. The van der Waals surface area contributed by atoms with E-state index in [1.807, 2.05) is 24.1 Å². The number of aryl methyl sites for hydroxylation is 1. The van der Waals surface area contributed by atoms with E-state index in [4.69, 9.17) is 0 Å². The van der Waals surface area contributed by atoms with Crippen LogP contribution in [0.3, 0.4) is 0 Å². The summed E-state index contributed by atoms with van der Waals surface area (Å²) in [5, 5.41) is 0. The summed E-state index contributed by atoms with van der Waals surface area (Å²) in [7, 11) is 0. The highest BCUT2D eigenvalue weighted by atomic mass is 127. The van der Waals surface area contributed by atoms with E-state index in [1.165, 1.54) is 14.7 Å². The molecule has 1 amide bonds. The van der Waals surface area contributed by atoms with Crippen molar-refractivity contribution in [3.63, 3.8) is 0 Å². The molecule has 2 heterocycles. The van der Waals surface area contributed by atoms with Crippen LogP contribution in [-0.2, 0) is 11.3 Å². The molecule has 1 aromatic heterocycles. The van der Waals surface area contributed by atoms with Gasteiger partial charge in [-0.25, -0.2) is 0 Å². The second-order valence-corrected chi connectivity index (χ2v) is 6.78. The largest absolute Gasteiger partial charge is 0.338 e. The zero-order valence-electron chi connectivity index (χ0n) is 11.9. The third kappa shape index (κ3) is 3.26. The fraction of sp³-hybridized carbons (Fsp3) is 0.294. The topological polar surface area (TPSA) is 33.2 Å². The molecule has 0 bridgehead atoms. The van der Waals surface area contributed by atoms with E-state index in [2.05, 4.69) is 51.8 Å². The van der Waals surface area contributed by atoms with E-state index in [1.54, 1.807) is 6.20 Å². The Balaban J connectivity index is 1.75. The lowest BCUT2D eigenvalue weighted by atomic mass is 9.98. The molecule has 1 saturated heterocycles. The highest BCUT2D eigenvalue weighted by Crippen LogP contribution is 2.30. The number of aromatic nitrogens is 1. The van der Waals surface area contributed by atoms with Gasteiger partial charge < -0.3 is 4.90 Å². The number of halogens is 1. The van der Waals surface area contributed by atoms with Gasteiger partial charge in [0.25, 0.3) is 0 Å². The first-order chi connectivity index (χ1) is 10.1. The van der Waals surface area contributed by atoms with Crippen LogP contribution in [0.5, 0.6) is 0 Å². The predicted molar refractivity (Wildman–Crippen MR) is 90.9 cm³/mol. The Morgan fingerprint density at radius 1 is 1.38 bits per heavy atom. The van der Waals surface area contributed by atoms with Gasteiger partial charge in [-0.3, -0.25) is 9.78 Å². The molecule has 0 unspecified atom stereocenters. The van der Waals surface area contributed by atoms with Gasteiger partial charge in [0, 0.05) is 41.4 Å². The van der Waals surface area contributed by atoms with Gasteiger partial charge in [0.2, 0.25) is 5.91 Å². The summed E-state index contributed by atoms with van der Waals surface area (Å²) < 4.78 is 1.22. The van der Waals surface area contributed by atoms with Crippen molar-refractivity contribution in [2.45, 2.75) is 25.8 Å². The van der Waals surface area contributed by atoms with Gasteiger partial charge >= 0.3 is 0 Å². The Morgan fingerprint density at radius 2 is 2.24 bits per heavy atom. The van der Waals surface area contributed by atoms with Crippen LogP contribution in [0.4, 0.5) is 0 Å². The van der Waals surface area contributed by atoms with Crippen molar-refractivity contribution in [3.8, 4) is 0 Å². The molecule has 0 radical (unpaired) electrons. The van der Waals surface area contributed by atoms with Crippen LogP contribution in [0.15, 0.2) is 42.7 Å². The summed E-state index contributed by atoms with van der Waals surface area (Å²) >= 11 is 2.32. The van der Waals surface area contributed by atoms with E-state index in [0.29, 0.717) is 18.9 Å². The predicted octanol–water partition coefficient (Wildman–Crippen LogP) is 3.51. The number of hydrogen-bond acceptors (Lipinski definition) is 2. The lowest BCUT2D eigenvalue weighted by Crippen LogP contribution is -2.24. The zero-order valence-corrected chi connectivity index (χ0v) is 14.1. The summed E-state index contributed by atoms with van der Waals surface area (Å²) in [5.41, 5.74) is 3.59. The Hall–Kier alpha value is -1.43. The normalized spacial score (nSPS) is 18.3. The molecule has 2 aromatic rings. The van der Waals surface area contributed by atoms with E-state index in [-0.39, 0.29) is 5.91 Å². The quantitative estimate of drug-likeness (QED) is 0.750. The number of benzene rings is 1. The minimum absolute atomic E-state index is 0.245. The van der Waals surface area contributed by atoms with Crippen molar-refractivity contribution < 1.29 is 4.79 Å². The fourth-order valence-electron chi connectivity index (χ4n) is 2.79. The number of hydrogen-bond donors (Lipinski definition) is 0. The van der Waals surface area contributed by atoms with Crippen LogP contribution in [0.25, 0.3) is 0 Å². The number of carbonyl (C=O) groups excluding carboxylic acids is 1. The molecule has 1 fully saturated rings. The molecule has 1 atom stereocenters. The summed E-state index contributed by atoms with van der Waals surface area (Å²) in [6.45, 7) is 3.54. The van der Waals surface area contributed by atoms with Gasteiger partial charge in [-0.15, -0.1) is 0 Å². The molecule has 1 aliphatic rings. The van der Waals surface area contributed by atoms with Crippen molar-refractivity contribution in [1.82, 2.24) is 9.88 Å². The van der Waals surface area contributed by atoms with Gasteiger partial charge in [0.1, 0.15) is 0 Å². The molecule has 21 heavy (non-hydrogen) atoms. The summed E-state index contributed by atoms with van der Waals surface area (Å²) in [6, 6.07) is 10.5. The van der Waals surface area contributed by atoms with Gasteiger partial charge in [-0.05, 0) is 64.4 Å². The van der Waals surface area contributed by atoms with Crippen LogP contribution in [0.1, 0.15) is 29.0 Å². The summed E-state index contributed by atoms with van der Waals surface area (Å²) in [4.78, 5) is 18.3. The van der Waals surface area contributed by atoms with E-state index >= 15 is 0 Å². The first-order valence-electron chi connectivity index (χ1n) is 7.06. The van der Waals surface area contributed by atoms with Crippen molar-refractivity contribution in [2.24, 2.45) is 0 Å². The van der Waals surface area contributed by atoms with E-state index in [9.17, 15) is 4.79 Å². The maximum absolute atomic E-state index is 12.3. The van der Waals surface area contributed by atoms with Gasteiger partial charge in [0.15, 0.2) is 0 Å². The maximum atomic E-state index is 12.3. The van der Waals surface area contributed by atoms with Crippen LogP contribution in [-0.4, -0.2) is 22.3 Å². The van der Waals surface area contributed by atoms with Crippen molar-refractivity contribution >= 4 is 28.5 Å². The van der Waals surface area contributed by atoms with Crippen LogP contribution in [0, 0.1) is 10.5 Å². The molecule has 0 aliphatic carbocycles. The summed E-state index contributed by atoms with van der Waals surface area (Å²) in [5.74, 6) is 0.560. The van der Waals surface area contributed by atoms with Gasteiger partial charge in [0.05, 0.1) is 0 Å². The molecule has 0 spiro atoms. The number of nitrogens with zero attached hydrogens (tertiary/aromatic N) is 2. The van der Waals surface area contributed by atoms with Crippen LogP contribution < -0.4 is 0 Å². The Bertz CT molecular complexity index is 671. The molecule has 0 saturated carbocycles. The molecular weight excluding hydrogens is 375 g/mol. The smallest absolute Gasteiger partial charge is 0.223 e. The van der Waals surface area contributed by atoms with E-state index in [0.717, 1.165) is 12.1 Å². The standard InChI is InChI=1S/C17H17IN2O/c1-12-9-19-6-5-14(12)10-20-11-15(8-17(20)21)13-3-2-4-16(18)7-13/h2-7,9,15H,8,10-11H2,1H3/t15-/m1/s1. The number of amides is 1.